The highest BCUT2D eigenvalue weighted by Gasteiger charge is 2.22. The van der Waals surface area contributed by atoms with Gasteiger partial charge in [-0.05, 0) is 36.8 Å². The largest absolute Gasteiger partial charge is 0.481 e. The summed E-state index contributed by atoms with van der Waals surface area (Å²) < 4.78 is 10.9. The first-order valence-electron chi connectivity index (χ1n) is 8.12. The molecule has 1 unspecified atom stereocenters. The standard InChI is InChI=1S/C20H22N2O3/c1-16(25-19-10-8-17(14-21)9-11-19)20(23)22(12-13-24-2)15-18-6-4-3-5-7-18/h3-11,16H,12-13,15H2,1-2H3. The third-order valence-electron chi connectivity index (χ3n) is 3.74. The Kier molecular flexibility index (Phi) is 7.00. The smallest absolute Gasteiger partial charge is 0.263 e. The van der Waals surface area contributed by atoms with Crippen molar-refractivity contribution in [3.8, 4) is 11.8 Å². The van der Waals surface area contributed by atoms with E-state index in [2.05, 4.69) is 6.07 Å². The summed E-state index contributed by atoms with van der Waals surface area (Å²) in [6.07, 6.45) is -0.631. The van der Waals surface area contributed by atoms with Crippen LogP contribution in [0.4, 0.5) is 0 Å². The van der Waals surface area contributed by atoms with Crippen LogP contribution in [-0.2, 0) is 16.1 Å². The molecule has 0 aliphatic carbocycles. The molecule has 2 aromatic rings. The van der Waals surface area contributed by atoms with Crippen LogP contribution in [0.15, 0.2) is 54.6 Å². The molecule has 1 amide bonds. The predicted octanol–water partition coefficient (Wildman–Crippen LogP) is 3.00. The second kappa shape index (κ2) is 9.45. The van der Waals surface area contributed by atoms with E-state index in [1.54, 1.807) is 43.2 Å². The summed E-state index contributed by atoms with van der Waals surface area (Å²) in [4.78, 5) is 14.5. The van der Waals surface area contributed by atoms with Gasteiger partial charge in [-0.15, -0.1) is 0 Å². The first-order valence-corrected chi connectivity index (χ1v) is 8.12. The summed E-state index contributed by atoms with van der Waals surface area (Å²) in [6, 6.07) is 18.6. The Bertz CT molecular complexity index is 708. The monoisotopic (exact) mass is 338 g/mol. The lowest BCUT2D eigenvalue weighted by Crippen LogP contribution is -2.41. The highest BCUT2D eigenvalue weighted by molar-refractivity contribution is 5.81. The Morgan fingerprint density at radius 1 is 1.16 bits per heavy atom. The quantitative estimate of drug-likeness (QED) is 0.742. The number of hydrogen-bond acceptors (Lipinski definition) is 4. The van der Waals surface area contributed by atoms with Crippen LogP contribution in [0.2, 0.25) is 0 Å². The molecule has 0 aliphatic rings. The topological polar surface area (TPSA) is 62.6 Å². The maximum Gasteiger partial charge on any atom is 0.263 e. The number of nitriles is 1. The molecule has 1 atom stereocenters. The van der Waals surface area contributed by atoms with Crippen LogP contribution in [0.25, 0.3) is 0 Å². The van der Waals surface area contributed by atoms with Crippen molar-refractivity contribution in [3.05, 3.63) is 65.7 Å². The number of methoxy groups -OCH3 is 1. The first kappa shape index (κ1) is 18.5. The molecule has 0 aromatic heterocycles. The van der Waals surface area contributed by atoms with Crippen LogP contribution in [0.3, 0.4) is 0 Å². The van der Waals surface area contributed by atoms with Crippen molar-refractivity contribution in [2.24, 2.45) is 0 Å². The molecule has 5 heteroatoms. The van der Waals surface area contributed by atoms with Gasteiger partial charge in [0.25, 0.3) is 5.91 Å². The molecule has 0 bridgehead atoms. The van der Waals surface area contributed by atoms with Gasteiger partial charge in [0, 0.05) is 20.2 Å². The molecule has 0 fully saturated rings. The van der Waals surface area contributed by atoms with Crippen molar-refractivity contribution in [1.82, 2.24) is 4.90 Å². The molecular weight excluding hydrogens is 316 g/mol. The van der Waals surface area contributed by atoms with Crippen LogP contribution in [0, 0.1) is 11.3 Å². The summed E-state index contributed by atoms with van der Waals surface area (Å²) in [5, 5.41) is 8.83. The summed E-state index contributed by atoms with van der Waals surface area (Å²) >= 11 is 0. The van der Waals surface area contributed by atoms with Gasteiger partial charge in [-0.25, -0.2) is 0 Å². The minimum Gasteiger partial charge on any atom is -0.481 e. The van der Waals surface area contributed by atoms with Crippen molar-refractivity contribution >= 4 is 5.91 Å². The van der Waals surface area contributed by atoms with Crippen LogP contribution in [-0.4, -0.2) is 37.2 Å². The fourth-order valence-electron chi connectivity index (χ4n) is 2.39. The van der Waals surface area contributed by atoms with Crippen molar-refractivity contribution < 1.29 is 14.3 Å². The second-order valence-corrected chi connectivity index (χ2v) is 5.63. The Balaban J connectivity index is 2.04. The van der Waals surface area contributed by atoms with Crippen LogP contribution >= 0.6 is 0 Å². The average molecular weight is 338 g/mol. The molecular formula is C20H22N2O3. The van der Waals surface area contributed by atoms with E-state index in [0.29, 0.717) is 31.0 Å². The molecule has 0 saturated heterocycles. The fourth-order valence-corrected chi connectivity index (χ4v) is 2.39. The van der Waals surface area contributed by atoms with E-state index >= 15 is 0 Å². The third kappa shape index (κ3) is 5.63. The lowest BCUT2D eigenvalue weighted by Gasteiger charge is -2.26. The van der Waals surface area contributed by atoms with E-state index in [4.69, 9.17) is 14.7 Å². The van der Waals surface area contributed by atoms with Gasteiger partial charge >= 0.3 is 0 Å². The van der Waals surface area contributed by atoms with Gasteiger partial charge in [-0.3, -0.25) is 4.79 Å². The van der Waals surface area contributed by atoms with Crippen molar-refractivity contribution in [1.29, 1.82) is 5.26 Å². The van der Waals surface area contributed by atoms with Gasteiger partial charge in [-0.1, -0.05) is 30.3 Å². The minimum absolute atomic E-state index is 0.106. The van der Waals surface area contributed by atoms with Crippen LogP contribution < -0.4 is 4.74 Å². The zero-order chi connectivity index (χ0) is 18.1. The van der Waals surface area contributed by atoms with Gasteiger partial charge in [0.2, 0.25) is 0 Å². The first-order chi connectivity index (χ1) is 12.1. The summed E-state index contributed by atoms with van der Waals surface area (Å²) in [7, 11) is 1.61. The van der Waals surface area contributed by atoms with Crippen molar-refractivity contribution in [2.75, 3.05) is 20.3 Å². The minimum atomic E-state index is -0.631. The van der Waals surface area contributed by atoms with Crippen molar-refractivity contribution in [3.63, 3.8) is 0 Å². The van der Waals surface area contributed by atoms with Gasteiger partial charge in [0.15, 0.2) is 6.10 Å². The number of benzene rings is 2. The molecule has 130 valence electrons. The number of rotatable bonds is 8. The zero-order valence-electron chi connectivity index (χ0n) is 14.5. The molecule has 0 aliphatic heterocycles. The maximum atomic E-state index is 12.8. The maximum absolute atomic E-state index is 12.8. The third-order valence-corrected chi connectivity index (χ3v) is 3.74. The van der Waals surface area contributed by atoms with Crippen molar-refractivity contribution in [2.45, 2.75) is 19.6 Å². The van der Waals surface area contributed by atoms with Gasteiger partial charge in [0.05, 0.1) is 18.2 Å². The molecule has 0 radical (unpaired) electrons. The predicted molar refractivity (Wildman–Crippen MR) is 95.0 cm³/mol. The van der Waals surface area contributed by atoms with E-state index in [-0.39, 0.29) is 5.91 Å². The number of amides is 1. The highest BCUT2D eigenvalue weighted by atomic mass is 16.5. The lowest BCUT2D eigenvalue weighted by atomic mass is 10.2. The molecule has 25 heavy (non-hydrogen) atoms. The fraction of sp³-hybridized carbons (Fsp3) is 0.300. The number of nitrogens with zero attached hydrogens (tertiary/aromatic N) is 2. The number of carbonyl (C=O) groups excluding carboxylic acids is 1. The van der Waals surface area contributed by atoms with E-state index in [1.807, 2.05) is 30.3 Å². The lowest BCUT2D eigenvalue weighted by molar-refractivity contribution is -0.139. The van der Waals surface area contributed by atoms with E-state index in [0.717, 1.165) is 5.56 Å². The summed E-state index contributed by atoms with van der Waals surface area (Å²) in [5.41, 5.74) is 1.61. The Hall–Kier alpha value is -2.84. The van der Waals surface area contributed by atoms with E-state index < -0.39 is 6.10 Å². The van der Waals surface area contributed by atoms with Gasteiger partial charge in [0.1, 0.15) is 5.75 Å². The highest BCUT2D eigenvalue weighted by Crippen LogP contribution is 2.15. The average Bonchev–Trinajstić information content (AvgIpc) is 2.66. The molecule has 5 nitrogen and oxygen atoms in total. The van der Waals surface area contributed by atoms with Gasteiger partial charge in [-0.2, -0.15) is 5.26 Å². The number of ether oxygens (including phenoxy) is 2. The molecule has 2 rings (SSSR count). The number of hydrogen-bond donors (Lipinski definition) is 0. The Morgan fingerprint density at radius 3 is 2.44 bits per heavy atom. The van der Waals surface area contributed by atoms with Gasteiger partial charge < -0.3 is 14.4 Å². The van der Waals surface area contributed by atoms with Crippen LogP contribution in [0.5, 0.6) is 5.75 Å². The molecule has 0 N–H and O–H groups in total. The zero-order valence-corrected chi connectivity index (χ0v) is 14.5. The SMILES string of the molecule is COCCN(Cc1ccccc1)C(=O)C(C)Oc1ccc(C#N)cc1. The molecule has 0 spiro atoms. The Labute approximate surface area is 148 Å². The molecule has 0 saturated carbocycles. The normalized spacial score (nSPS) is 11.4. The summed E-state index contributed by atoms with van der Waals surface area (Å²) in [5.74, 6) is 0.455. The molecule has 2 aromatic carbocycles. The van der Waals surface area contributed by atoms with E-state index in [9.17, 15) is 4.79 Å². The summed E-state index contributed by atoms with van der Waals surface area (Å²) in [6.45, 7) is 3.18. The molecule has 0 heterocycles. The number of carbonyl (C=O) groups is 1. The second-order valence-electron chi connectivity index (χ2n) is 5.63. The van der Waals surface area contributed by atoms with E-state index in [1.165, 1.54) is 0 Å². The van der Waals surface area contributed by atoms with Crippen LogP contribution in [0.1, 0.15) is 18.1 Å². The Morgan fingerprint density at radius 2 is 1.84 bits per heavy atom.